The Balaban J connectivity index is 2.48. The average Bonchev–Trinajstić information content (AvgIpc) is 2.78. The first-order valence-electron chi connectivity index (χ1n) is 6.83. The lowest BCUT2D eigenvalue weighted by molar-refractivity contribution is -0.144. The second-order valence-electron chi connectivity index (χ2n) is 6.41. The van der Waals surface area contributed by atoms with Gasteiger partial charge in [0.2, 0.25) is 0 Å². The minimum Gasteiger partial charge on any atom is -0.368 e. The van der Waals surface area contributed by atoms with Crippen LogP contribution in [-0.2, 0) is 0 Å². The third kappa shape index (κ3) is 3.08. The Morgan fingerprint density at radius 1 is 1.22 bits per heavy atom. The van der Waals surface area contributed by atoms with Gasteiger partial charge in [0.15, 0.2) is 5.72 Å². The molecule has 1 unspecified atom stereocenters. The summed E-state index contributed by atoms with van der Waals surface area (Å²) in [6, 6.07) is 4.27. The Hall–Kier alpha value is -1.96. The number of hydrazone groups is 1. The number of amides is 1. The molecule has 1 atom stereocenters. The van der Waals surface area contributed by atoms with E-state index in [0.717, 1.165) is 24.3 Å². The van der Waals surface area contributed by atoms with E-state index in [1.165, 1.54) is 20.8 Å². The number of carbonyl (C=O) groups excluding carboxylic acids is 1. The van der Waals surface area contributed by atoms with Gasteiger partial charge in [-0.05, 0) is 24.3 Å². The third-order valence-corrected chi connectivity index (χ3v) is 3.80. The number of alkyl halides is 3. The van der Waals surface area contributed by atoms with Crippen molar-refractivity contribution in [2.24, 2.45) is 10.5 Å². The number of nitrogens with zero attached hydrogens (tertiary/aromatic N) is 2. The molecule has 8 heteroatoms. The summed E-state index contributed by atoms with van der Waals surface area (Å²) in [6.45, 7) is 4.52. The van der Waals surface area contributed by atoms with Crippen LogP contribution in [0.3, 0.4) is 0 Å². The Bertz CT molecular complexity index is 647. The van der Waals surface area contributed by atoms with Crippen LogP contribution in [0.25, 0.3) is 0 Å². The van der Waals surface area contributed by atoms with Crippen molar-refractivity contribution in [1.29, 1.82) is 0 Å². The van der Waals surface area contributed by atoms with E-state index in [1.54, 1.807) is 0 Å². The van der Waals surface area contributed by atoms with Crippen molar-refractivity contribution >= 4 is 11.6 Å². The Labute approximate surface area is 130 Å². The topological polar surface area (TPSA) is 52.9 Å². The van der Waals surface area contributed by atoms with Crippen LogP contribution in [-0.4, -0.2) is 33.6 Å². The van der Waals surface area contributed by atoms with E-state index in [4.69, 9.17) is 0 Å². The largest absolute Gasteiger partial charge is 0.431 e. The van der Waals surface area contributed by atoms with E-state index in [9.17, 15) is 27.5 Å². The van der Waals surface area contributed by atoms with Crippen molar-refractivity contribution in [2.75, 3.05) is 0 Å². The zero-order chi connectivity index (χ0) is 17.6. The maximum absolute atomic E-state index is 13.0. The second kappa shape index (κ2) is 5.30. The summed E-state index contributed by atoms with van der Waals surface area (Å²) in [5.74, 6) is -1.52. The van der Waals surface area contributed by atoms with Crippen LogP contribution < -0.4 is 0 Å². The smallest absolute Gasteiger partial charge is 0.368 e. The first-order chi connectivity index (χ1) is 10.4. The number of hydrogen-bond donors (Lipinski definition) is 1. The fourth-order valence-electron chi connectivity index (χ4n) is 2.22. The van der Waals surface area contributed by atoms with Gasteiger partial charge in [0, 0.05) is 17.4 Å². The van der Waals surface area contributed by atoms with Gasteiger partial charge in [0.1, 0.15) is 11.5 Å². The predicted molar refractivity (Wildman–Crippen MR) is 75.1 cm³/mol. The van der Waals surface area contributed by atoms with Crippen LogP contribution >= 0.6 is 0 Å². The number of halogens is 4. The lowest BCUT2D eigenvalue weighted by Crippen LogP contribution is -2.55. The van der Waals surface area contributed by atoms with Crippen molar-refractivity contribution in [2.45, 2.75) is 39.1 Å². The first-order valence-corrected chi connectivity index (χ1v) is 6.83. The molecule has 0 bridgehead atoms. The van der Waals surface area contributed by atoms with Gasteiger partial charge in [-0.15, -0.1) is 0 Å². The number of aliphatic hydroxyl groups is 1. The van der Waals surface area contributed by atoms with E-state index < -0.39 is 41.2 Å². The van der Waals surface area contributed by atoms with Gasteiger partial charge in [-0.25, -0.2) is 4.39 Å². The Morgan fingerprint density at radius 2 is 1.74 bits per heavy atom. The van der Waals surface area contributed by atoms with E-state index in [1.807, 2.05) is 0 Å². The fourth-order valence-corrected chi connectivity index (χ4v) is 2.22. The van der Waals surface area contributed by atoms with E-state index in [-0.39, 0.29) is 5.56 Å². The predicted octanol–water partition coefficient (Wildman–Crippen LogP) is 3.32. The molecule has 2 rings (SSSR count). The van der Waals surface area contributed by atoms with E-state index >= 15 is 0 Å². The number of benzene rings is 1. The molecule has 1 aliphatic rings. The van der Waals surface area contributed by atoms with E-state index in [2.05, 4.69) is 5.10 Å². The number of rotatable bonds is 1. The Kier molecular flexibility index (Phi) is 4.00. The summed E-state index contributed by atoms with van der Waals surface area (Å²) < 4.78 is 51.8. The summed E-state index contributed by atoms with van der Waals surface area (Å²) in [4.78, 5) is 12.5. The van der Waals surface area contributed by atoms with Crippen LogP contribution in [0, 0.1) is 11.2 Å². The molecule has 0 saturated heterocycles. The van der Waals surface area contributed by atoms with Crippen LogP contribution in [0.2, 0.25) is 0 Å². The van der Waals surface area contributed by atoms with Crippen LogP contribution in [0.5, 0.6) is 0 Å². The van der Waals surface area contributed by atoms with Crippen molar-refractivity contribution in [3.05, 3.63) is 35.6 Å². The van der Waals surface area contributed by atoms with Gasteiger partial charge < -0.3 is 5.11 Å². The average molecular weight is 332 g/mol. The Morgan fingerprint density at radius 3 is 2.17 bits per heavy atom. The molecule has 0 spiro atoms. The molecule has 0 fully saturated rings. The normalized spacial score (nSPS) is 22.3. The van der Waals surface area contributed by atoms with Gasteiger partial charge >= 0.3 is 6.18 Å². The molecule has 126 valence electrons. The highest BCUT2D eigenvalue weighted by atomic mass is 19.4. The van der Waals surface area contributed by atoms with Crippen molar-refractivity contribution in [1.82, 2.24) is 5.01 Å². The molecular formula is C15H16F4N2O2. The third-order valence-electron chi connectivity index (χ3n) is 3.80. The molecular weight excluding hydrogens is 316 g/mol. The number of carbonyl (C=O) groups is 1. The van der Waals surface area contributed by atoms with Gasteiger partial charge in [0.25, 0.3) is 5.91 Å². The summed E-state index contributed by atoms with van der Waals surface area (Å²) in [7, 11) is 0. The molecule has 0 saturated carbocycles. The molecule has 1 aromatic rings. The zero-order valence-corrected chi connectivity index (χ0v) is 12.8. The number of hydrogen-bond acceptors (Lipinski definition) is 3. The van der Waals surface area contributed by atoms with Crippen molar-refractivity contribution < 1.29 is 27.5 Å². The van der Waals surface area contributed by atoms with Crippen molar-refractivity contribution in [3.63, 3.8) is 0 Å². The fraction of sp³-hybridized carbons (Fsp3) is 0.467. The van der Waals surface area contributed by atoms with Crippen molar-refractivity contribution in [3.8, 4) is 0 Å². The maximum Gasteiger partial charge on any atom is 0.431 e. The summed E-state index contributed by atoms with van der Waals surface area (Å²) >= 11 is 0. The van der Waals surface area contributed by atoms with Gasteiger partial charge in [-0.2, -0.15) is 23.3 Å². The molecule has 0 aromatic heterocycles. The molecule has 23 heavy (non-hydrogen) atoms. The van der Waals surface area contributed by atoms with Gasteiger partial charge in [-0.3, -0.25) is 4.79 Å². The molecule has 1 N–H and O–H groups in total. The van der Waals surface area contributed by atoms with Crippen LogP contribution in [0.1, 0.15) is 37.6 Å². The molecule has 1 aliphatic heterocycles. The summed E-state index contributed by atoms with van der Waals surface area (Å²) in [5.41, 5.74) is -4.52. The minimum atomic E-state index is -4.75. The molecule has 0 radical (unpaired) electrons. The summed E-state index contributed by atoms with van der Waals surface area (Å²) in [6.07, 6.45) is -5.58. The minimum absolute atomic E-state index is 0.0683. The summed E-state index contributed by atoms with van der Waals surface area (Å²) in [5, 5.41) is 14.5. The first kappa shape index (κ1) is 17.4. The molecule has 4 nitrogen and oxygen atoms in total. The molecule has 1 aromatic carbocycles. The zero-order valence-electron chi connectivity index (χ0n) is 12.8. The second-order valence-corrected chi connectivity index (χ2v) is 6.41. The molecule has 0 aliphatic carbocycles. The van der Waals surface area contributed by atoms with Gasteiger partial charge in [-0.1, -0.05) is 20.8 Å². The highest BCUT2D eigenvalue weighted by Crippen LogP contribution is 2.43. The van der Waals surface area contributed by atoms with E-state index in [0.29, 0.717) is 5.01 Å². The van der Waals surface area contributed by atoms with Crippen LogP contribution in [0.4, 0.5) is 17.6 Å². The SMILES string of the molecule is CC(C)(C)C1(O)CC(C(F)(F)F)=NN1C(=O)c1ccc(F)cc1. The van der Waals surface area contributed by atoms with Crippen LogP contribution in [0.15, 0.2) is 29.4 Å². The lowest BCUT2D eigenvalue weighted by Gasteiger charge is -2.41. The standard InChI is InChI=1S/C15H16F4N2O2/c1-13(2,3)14(23)8-11(15(17,18)19)20-21(14)12(22)9-4-6-10(16)7-5-9/h4-7,23H,8H2,1-3H3. The maximum atomic E-state index is 13.0. The molecule has 1 heterocycles. The van der Waals surface area contributed by atoms with Gasteiger partial charge in [0.05, 0.1) is 0 Å². The monoisotopic (exact) mass is 332 g/mol. The quantitative estimate of drug-likeness (QED) is 0.802. The highest BCUT2D eigenvalue weighted by molar-refractivity contribution is 5.99. The molecule has 1 amide bonds. The highest BCUT2D eigenvalue weighted by Gasteiger charge is 2.57. The lowest BCUT2D eigenvalue weighted by atomic mass is 9.80.